The average Bonchev–Trinajstić information content (AvgIpc) is 2.96. The van der Waals surface area contributed by atoms with Crippen LogP contribution in [0, 0.1) is 13.8 Å². The first-order valence-corrected chi connectivity index (χ1v) is 6.34. The Balaban J connectivity index is 2.25. The highest BCUT2D eigenvalue weighted by Gasteiger charge is 2.13. The summed E-state index contributed by atoms with van der Waals surface area (Å²) < 4.78 is 4.95. The number of carbonyl (C=O) groups excluding carboxylic acids is 1. The van der Waals surface area contributed by atoms with Gasteiger partial charge >= 0.3 is 5.97 Å². The second-order valence-corrected chi connectivity index (χ2v) is 4.63. The first-order valence-electron chi connectivity index (χ1n) is 6.34. The second-order valence-electron chi connectivity index (χ2n) is 4.63. The van der Waals surface area contributed by atoms with E-state index in [1.165, 1.54) is 12.3 Å². The number of aliphatic carboxylic acids is 1. The van der Waals surface area contributed by atoms with E-state index in [-0.39, 0.29) is 11.5 Å². The number of aryl methyl sites for hydroxylation is 2. The average molecular weight is 285 g/mol. The van der Waals surface area contributed by atoms with E-state index < -0.39 is 11.8 Å². The number of benzene rings is 1. The zero-order valence-electron chi connectivity index (χ0n) is 11.7. The van der Waals surface area contributed by atoms with Gasteiger partial charge in [0.05, 0.1) is 6.26 Å². The van der Waals surface area contributed by atoms with Crippen LogP contribution in [0.5, 0.6) is 0 Å². The van der Waals surface area contributed by atoms with Crippen LogP contribution in [0.1, 0.15) is 21.7 Å². The summed E-state index contributed by atoms with van der Waals surface area (Å²) in [6.07, 6.45) is 2.37. The molecule has 0 atom stereocenters. The maximum Gasteiger partial charge on any atom is 0.352 e. The number of carbonyl (C=O) groups is 2. The lowest BCUT2D eigenvalue weighted by Gasteiger charge is -2.09. The number of rotatable bonds is 5. The van der Waals surface area contributed by atoms with Crippen LogP contribution in [0.2, 0.25) is 0 Å². The highest BCUT2D eigenvalue weighted by molar-refractivity contribution is 6.07. The maximum atomic E-state index is 11.9. The van der Waals surface area contributed by atoms with E-state index in [0.29, 0.717) is 5.69 Å². The number of carboxylic acid groups (broad SMARTS) is 1. The second kappa shape index (κ2) is 6.09. The Morgan fingerprint density at radius 2 is 1.95 bits per heavy atom. The molecule has 5 heteroatoms. The van der Waals surface area contributed by atoms with Gasteiger partial charge < -0.3 is 14.8 Å². The van der Waals surface area contributed by atoms with Gasteiger partial charge in [-0.3, -0.25) is 4.79 Å². The normalized spacial score (nSPS) is 11.2. The van der Waals surface area contributed by atoms with Gasteiger partial charge in [-0.15, -0.1) is 0 Å². The summed E-state index contributed by atoms with van der Waals surface area (Å²) in [5, 5.41) is 11.9. The number of nitrogens with one attached hydrogen (secondary N) is 1. The number of hydrogen-bond acceptors (Lipinski definition) is 4. The molecule has 0 saturated heterocycles. The molecule has 0 fully saturated rings. The Labute approximate surface area is 121 Å². The summed E-state index contributed by atoms with van der Waals surface area (Å²) in [4.78, 5) is 23.1. The van der Waals surface area contributed by atoms with Crippen molar-refractivity contribution in [2.24, 2.45) is 0 Å². The third-order valence-electron chi connectivity index (χ3n) is 3.06. The molecule has 0 unspecified atom stereocenters. The fourth-order valence-corrected chi connectivity index (χ4v) is 1.75. The maximum absolute atomic E-state index is 11.9. The van der Waals surface area contributed by atoms with Crippen LogP contribution >= 0.6 is 0 Å². The Hall–Kier alpha value is -2.82. The highest BCUT2D eigenvalue weighted by atomic mass is 16.4. The van der Waals surface area contributed by atoms with Crippen molar-refractivity contribution in [3.63, 3.8) is 0 Å². The summed E-state index contributed by atoms with van der Waals surface area (Å²) in [5.74, 6) is -1.63. The van der Waals surface area contributed by atoms with Crippen molar-refractivity contribution in [3.05, 3.63) is 65.3 Å². The van der Waals surface area contributed by atoms with Gasteiger partial charge in [0.1, 0.15) is 5.70 Å². The van der Waals surface area contributed by atoms with Crippen LogP contribution in [-0.2, 0) is 4.79 Å². The van der Waals surface area contributed by atoms with Crippen LogP contribution < -0.4 is 5.32 Å². The minimum Gasteiger partial charge on any atom is -0.477 e. The predicted octanol–water partition coefficient (Wildman–Crippen LogP) is 3.16. The number of anilines is 1. The molecule has 1 heterocycles. The van der Waals surface area contributed by atoms with E-state index in [4.69, 9.17) is 4.42 Å². The fourth-order valence-electron chi connectivity index (χ4n) is 1.75. The van der Waals surface area contributed by atoms with E-state index in [9.17, 15) is 14.7 Å². The minimum absolute atomic E-state index is 0.0932. The summed E-state index contributed by atoms with van der Waals surface area (Å²) in [5.41, 5.74) is 2.54. The van der Waals surface area contributed by atoms with Crippen molar-refractivity contribution < 1.29 is 19.1 Å². The van der Waals surface area contributed by atoms with Gasteiger partial charge in [-0.1, -0.05) is 6.07 Å². The van der Waals surface area contributed by atoms with Gasteiger partial charge in [-0.05, 0) is 49.2 Å². The van der Waals surface area contributed by atoms with Gasteiger partial charge in [0.25, 0.3) is 0 Å². The first-order chi connectivity index (χ1) is 9.97. The van der Waals surface area contributed by atoms with Crippen molar-refractivity contribution in [2.45, 2.75) is 13.8 Å². The van der Waals surface area contributed by atoms with Crippen LogP contribution in [-0.4, -0.2) is 16.9 Å². The number of furan rings is 1. The molecule has 0 amide bonds. The molecule has 2 rings (SSSR count). The van der Waals surface area contributed by atoms with Crippen molar-refractivity contribution in [1.29, 1.82) is 0 Å². The fraction of sp³-hybridized carbons (Fsp3) is 0.125. The zero-order chi connectivity index (χ0) is 15.4. The zero-order valence-corrected chi connectivity index (χ0v) is 11.7. The molecule has 1 aromatic heterocycles. The lowest BCUT2D eigenvalue weighted by Crippen LogP contribution is -2.13. The molecular weight excluding hydrogens is 270 g/mol. The van der Waals surface area contributed by atoms with Crippen LogP contribution in [0.15, 0.2) is 52.8 Å². The van der Waals surface area contributed by atoms with E-state index in [2.05, 4.69) is 5.32 Å². The summed E-state index contributed by atoms with van der Waals surface area (Å²) >= 11 is 0. The molecular formula is C16H15NO4. The summed E-state index contributed by atoms with van der Waals surface area (Å²) in [7, 11) is 0. The predicted molar refractivity (Wildman–Crippen MR) is 78.3 cm³/mol. The Bertz CT molecular complexity index is 699. The topological polar surface area (TPSA) is 79.5 Å². The summed E-state index contributed by atoms with van der Waals surface area (Å²) in [6, 6.07) is 8.51. The quantitative estimate of drug-likeness (QED) is 0.651. The molecule has 2 N–H and O–H groups in total. The molecule has 0 aliphatic heterocycles. The third-order valence-corrected chi connectivity index (χ3v) is 3.06. The number of allylic oxidation sites excluding steroid dienone is 1. The third kappa shape index (κ3) is 3.60. The van der Waals surface area contributed by atoms with Gasteiger partial charge in [0.15, 0.2) is 5.76 Å². The summed E-state index contributed by atoms with van der Waals surface area (Å²) in [6.45, 7) is 3.90. The van der Waals surface area contributed by atoms with Crippen molar-refractivity contribution in [2.75, 3.05) is 5.32 Å². The highest BCUT2D eigenvalue weighted by Crippen LogP contribution is 2.16. The molecule has 1 aromatic carbocycles. The minimum atomic E-state index is -1.21. The largest absolute Gasteiger partial charge is 0.477 e. The van der Waals surface area contributed by atoms with E-state index >= 15 is 0 Å². The Morgan fingerprint density at radius 1 is 1.19 bits per heavy atom. The monoisotopic (exact) mass is 285 g/mol. The Morgan fingerprint density at radius 3 is 2.52 bits per heavy atom. The molecule has 0 aliphatic carbocycles. The number of hydrogen-bond donors (Lipinski definition) is 2. The van der Waals surface area contributed by atoms with Crippen molar-refractivity contribution in [3.8, 4) is 0 Å². The van der Waals surface area contributed by atoms with Crippen LogP contribution in [0.3, 0.4) is 0 Å². The van der Waals surface area contributed by atoms with Gasteiger partial charge in [0, 0.05) is 11.8 Å². The molecule has 21 heavy (non-hydrogen) atoms. The lowest BCUT2D eigenvalue weighted by molar-refractivity contribution is -0.132. The molecule has 0 aliphatic rings. The van der Waals surface area contributed by atoms with E-state index in [1.807, 2.05) is 26.0 Å². The Kier molecular flexibility index (Phi) is 4.23. The van der Waals surface area contributed by atoms with Gasteiger partial charge in [0.2, 0.25) is 5.78 Å². The molecule has 0 saturated carbocycles. The number of ketones is 1. The van der Waals surface area contributed by atoms with Crippen molar-refractivity contribution in [1.82, 2.24) is 0 Å². The SMILES string of the molecule is Cc1ccc(N/C(=C\C(=O)c2ccco2)C(=O)O)cc1C. The molecule has 0 radical (unpaired) electrons. The van der Waals surface area contributed by atoms with Crippen LogP contribution in [0.25, 0.3) is 0 Å². The molecule has 0 bridgehead atoms. The standard InChI is InChI=1S/C16H15NO4/c1-10-5-6-12(8-11(10)2)17-13(16(19)20)9-14(18)15-4-3-7-21-15/h3-9,17H,1-2H3,(H,19,20)/b13-9-. The molecule has 108 valence electrons. The molecule has 2 aromatic rings. The van der Waals surface area contributed by atoms with Crippen molar-refractivity contribution >= 4 is 17.4 Å². The first kappa shape index (κ1) is 14.6. The molecule has 0 spiro atoms. The van der Waals surface area contributed by atoms with Crippen LogP contribution in [0.4, 0.5) is 5.69 Å². The smallest absolute Gasteiger partial charge is 0.352 e. The number of carboxylic acids is 1. The van der Waals surface area contributed by atoms with E-state index in [0.717, 1.165) is 17.2 Å². The van der Waals surface area contributed by atoms with Gasteiger partial charge in [-0.2, -0.15) is 0 Å². The molecule has 5 nitrogen and oxygen atoms in total. The lowest BCUT2D eigenvalue weighted by atomic mass is 10.1. The van der Waals surface area contributed by atoms with Gasteiger partial charge in [-0.25, -0.2) is 4.79 Å². The van der Waals surface area contributed by atoms with E-state index in [1.54, 1.807) is 12.1 Å².